The number of halogens is 2. The minimum atomic E-state index is -0.709. The van der Waals surface area contributed by atoms with Crippen molar-refractivity contribution in [1.82, 2.24) is 15.0 Å². The van der Waals surface area contributed by atoms with Gasteiger partial charge in [-0.25, -0.2) is 9.97 Å². The number of nitrogens with zero attached hydrogens (tertiary/aromatic N) is 4. The monoisotopic (exact) mass is 324 g/mol. The average molecular weight is 325 g/mol. The van der Waals surface area contributed by atoms with E-state index in [-0.39, 0.29) is 7.43 Å². The van der Waals surface area contributed by atoms with Gasteiger partial charge in [0.25, 0.3) is 0 Å². The summed E-state index contributed by atoms with van der Waals surface area (Å²) in [4.78, 5) is 14.3. The van der Waals surface area contributed by atoms with Gasteiger partial charge in [0.15, 0.2) is 0 Å². The Morgan fingerprint density at radius 1 is 1.32 bits per heavy atom. The zero-order valence-corrected chi connectivity index (χ0v) is 13.0. The Hall–Kier alpha value is -1.49. The molecule has 0 amide bonds. The van der Waals surface area contributed by atoms with Gasteiger partial charge in [-0.1, -0.05) is 32.4 Å². The van der Waals surface area contributed by atoms with Crippen LogP contribution in [0.3, 0.4) is 0 Å². The number of rotatable bonds is 1. The SMILES string of the molecule is C.Cc1c(Cl)ncc2c(N3CCCCC(C)C3)nc(F)nc12. The van der Waals surface area contributed by atoms with E-state index >= 15 is 0 Å². The molecule has 2 aromatic rings. The Bertz CT molecular complexity index is 677. The fraction of sp³-hybridized carbons (Fsp3) is 0.562. The number of aryl methyl sites for hydroxylation is 1. The molecule has 0 saturated carbocycles. The highest BCUT2D eigenvalue weighted by molar-refractivity contribution is 6.31. The van der Waals surface area contributed by atoms with Gasteiger partial charge >= 0.3 is 6.08 Å². The van der Waals surface area contributed by atoms with E-state index in [0.29, 0.717) is 28.0 Å². The lowest BCUT2D eigenvalue weighted by Gasteiger charge is -2.25. The van der Waals surface area contributed by atoms with Gasteiger partial charge in [0.1, 0.15) is 11.0 Å². The van der Waals surface area contributed by atoms with E-state index in [1.165, 1.54) is 12.8 Å². The minimum absolute atomic E-state index is 0. The van der Waals surface area contributed by atoms with Crippen LogP contribution in [0, 0.1) is 18.9 Å². The lowest BCUT2D eigenvalue weighted by atomic mass is 10.1. The van der Waals surface area contributed by atoms with Crippen LogP contribution < -0.4 is 4.90 Å². The zero-order valence-electron chi connectivity index (χ0n) is 12.2. The molecule has 1 unspecified atom stereocenters. The van der Waals surface area contributed by atoms with Crippen LogP contribution in [0.15, 0.2) is 6.20 Å². The quantitative estimate of drug-likeness (QED) is 0.576. The molecule has 0 N–H and O–H groups in total. The molecule has 1 fully saturated rings. The van der Waals surface area contributed by atoms with Crippen LogP contribution in [0.4, 0.5) is 10.2 Å². The summed E-state index contributed by atoms with van der Waals surface area (Å²) >= 11 is 6.02. The molecule has 1 atom stereocenters. The Morgan fingerprint density at radius 3 is 2.86 bits per heavy atom. The summed E-state index contributed by atoms with van der Waals surface area (Å²) in [5, 5.41) is 1.13. The van der Waals surface area contributed by atoms with E-state index in [4.69, 9.17) is 11.6 Å². The predicted molar refractivity (Wildman–Crippen MR) is 89.0 cm³/mol. The first-order valence-corrected chi connectivity index (χ1v) is 7.67. The molecule has 3 rings (SSSR count). The number of aromatic nitrogens is 3. The van der Waals surface area contributed by atoms with Gasteiger partial charge in [-0.15, -0.1) is 0 Å². The first-order chi connectivity index (χ1) is 10.1. The molecule has 0 aliphatic carbocycles. The number of fused-ring (bicyclic) bond motifs is 1. The topological polar surface area (TPSA) is 41.9 Å². The maximum Gasteiger partial charge on any atom is 0.311 e. The van der Waals surface area contributed by atoms with E-state index in [1.54, 1.807) is 13.1 Å². The van der Waals surface area contributed by atoms with E-state index in [9.17, 15) is 4.39 Å². The highest BCUT2D eigenvalue weighted by Crippen LogP contribution is 2.30. The lowest BCUT2D eigenvalue weighted by Crippen LogP contribution is -2.28. The van der Waals surface area contributed by atoms with Gasteiger partial charge < -0.3 is 4.90 Å². The van der Waals surface area contributed by atoms with Gasteiger partial charge in [-0.05, 0) is 25.7 Å². The van der Waals surface area contributed by atoms with Gasteiger partial charge in [0.2, 0.25) is 0 Å². The highest BCUT2D eigenvalue weighted by atomic mass is 35.5. The van der Waals surface area contributed by atoms with Crippen LogP contribution in [0.25, 0.3) is 10.9 Å². The van der Waals surface area contributed by atoms with Crippen molar-refractivity contribution in [2.45, 2.75) is 40.5 Å². The molecular weight excluding hydrogens is 303 g/mol. The second-order valence-corrected chi connectivity index (χ2v) is 6.16. The molecule has 2 aromatic heterocycles. The Labute approximate surface area is 135 Å². The molecule has 0 bridgehead atoms. The van der Waals surface area contributed by atoms with Gasteiger partial charge in [-0.2, -0.15) is 9.37 Å². The van der Waals surface area contributed by atoms with Gasteiger partial charge in [0, 0.05) is 24.8 Å². The Morgan fingerprint density at radius 2 is 2.09 bits per heavy atom. The van der Waals surface area contributed by atoms with Crippen molar-refractivity contribution < 1.29 is 4.39 Å². The van der Waals surface area contributed by atoms with E-state index < -0.39 is 6.08 Å². The molecule has 1 aliphatic rings. The van der Waals surface area contributed by atoms with Crippen LogP contribution >= 0.6 is 11.6 Å². The number of pyridine rings is 1. The van der Waals surface area contributed by atoms with Crippen molar-refractivity contribution >= 4 is 28.3 Å². The van der Waals surface area contributed by atoms with Crippen molar-refractivity contribution in [3.05, 3.63) is 23.0 Å². The number of anilines is 1. The minimum Gasteiger partial charge on any atom is -0.356 e. The molecule has 0 radical (unpaired) electrons. The molecule has 120 valence electrons. The maximum atomic E-state index is 13.9. The molecule has 0 spiro atoms. The molecule has 22 heavy (non-hydrogen) atoms. The van der Waals surface area contributed by atoms with Crippen molar-refractivity contribution in [2.24, 2.45) is 5.92 Å². The summed E-state index contributed by atoms with van der Waals surface area (Å²) in [6.07, 6.45) is 4.43. The van der Waals surface area contributed by atoms with Crippen molar-refractivity contribution in [3.63, 3.8) is 0 Å². The third-order valence-electron chi connectivity index (χ3n) is 4.08. The summed E-state index contributed by atoms with van der Waals surface area (Å²) in [7, 11) is 0. The van der Waals surface area contributed by atoms with Crippen molar-refractivity contribution in [3.8, 4) is 0 Å². The Kier molecular flexibility index (Phi) is 5.16. The van der Waals surface area contributed by atoms with E-state index in [2.05, 4.69) is 26.8 Å². The number of hydrogen-bond acceptors (Lipinski definition) is 4. The fourth-order valence-corrected chi connectivity index (χ4v) is 3.08. The van der Waals surface area contributed by atoms with E-state index in [1.807, 2.05) is 0 Å². The summed E-state index contributed by atoms with van der Waals surface area (Å²) in [6, 6.07) is 0. The average Bonchev–Trinajstić information content (AvgIpc) is 2.67. The Balaban J connectivity index is 0.00000176. The smallest absolute Gasteiger partial charge is 0.311 e. The molecule has 0 aromatic carbocycles. The lowest BCUT2D eigenvalue weighted by molar-refractivity contribution is 0.530. The third kappa shape index (κ3) is 3.14. The van der Waals surface area contributed by atoms with Crippen molar-refractivity contribution in [1.29, 1.82) is 0 Å². The second-order valence-electron chi connectivity index (χ2n) is 5.80. The van der Waals surface area contributed by atoms with E-state index in [0.717, 1.165) is 24.9 Å². The molecular formula is C16H22ClFN4. The van der Waals surface area contributed by atoms with Crippen molar-refractivity contribution in [2.75, 3.05) is 18.0 Å². The van der Waals surface area contributed by atoms with Crippen LogP contribution in [-0.2, 0) is 0 Å². The normalized spacial score (nSPS) is 18.9. The number of hydrogen-bond donors (Lipinski definition) is 0. The largest absolute Gasteiger partial charge is 0.356 e. The second kappa shape index (κ2) is 6.73. The first-order valence-electron chi connectivity index (χ1n) is 7.29. The highest BCUT2D eigenvalue weighted by Gasteiger charge is 2.21. The fourth-order valence-electron chi connectivity index (χ4n) is 2.94. The molecule has 1 aliphatic heterocycles. The summed E-state index contributed by atoms with van der Waals surface area (Å²) in [5.74, 6) is 1.21. The summed E-state index contributed by atoms with van der Waals surface area (Å²) in [5.41, 5.74) is 1.24. The molecule has 6 heteroatoms. The summed E-state index contributed by atoms with van der Waals surface area (Å²) in [6.45, 7) is 5.79. The van der Waals surface area contributed by atoms with Crippen LogP contribution in [0.1, 0.15) is 39.2 Å². The standard InChI is InChI=1S/C15H18ClFN4.CH4/c1-9-5-3-4-6-21(8-9)14-11-7-18-13(16)10(2)12(11)19-15(17)20-14;/h7,9H,3-6,8H2,1-2H3;1H4. The first kappa shape index (κ1) is 16.9. The third-order valence-corrected chi connectivity index (χ3v) is 4.46. The molecule has 3 heterocycles. The zero-order chi connectivity index (χ0) is 15.0. The molecule has 4 nitrogen and oxygen atoms in total. The van der Waals surface area contributed by atoms with Crippen LogP contribution in [0.5, 0.6) is 0 Å². The maximum absolute atomic E-state index is 13.9. The van der Waals surface area contributed by atoms with Crippen LogP contribution in [0.2, 0.25) is 5.15 Å². The predicted octanol–water partition coefficient (Wildman–Crippen LogP) is 4.39. The van der Waals surface area contributed by atoms with Gasteiger partial charge in [0.05, 0.1) is 10.9 Å². The summed E-state index contributed by atoms with van der Waals surface area (Å²) < 4.78 is 13.9. The molecule has 1 saturated heterocycles. The van der Waals surface area contributed by atoms with Gasteiger partial charge in [-0.3, -0.25) is 0 Å². The van der Waals surface area contributed by atoms with Crippen LogP contribution in [-0.4, -0.2) is 28.0 Å².